The Labute approximate surface area is 202 Å². The van der Waals surface area contributed by atoms with Crippen LogP contribution in [0.4, 0.5) is 5.95 Å². The molecule has 0 saturated carbocycles. The van der Waals surface area contributed by atoms with E-state index in [1.165, 1.54) is 16.7 Å². The Hall–Kier alpha value is -2.86. The van der Waals surface area contributed by atoms with Crippen molar-refractivity contribution in [2.45, 2.75) is 46.5 Å². The molecule has 2 aromatic carbocycles. The number of piperidine rings is 1. The Bertz CT molecular complexity index is 1150. The number of ether oxygens (including phenoxy) is 1. The maximum Gasteiger partial charge on any atom is 0.223 e. The van der Waals surface area contributed by atoms with Gasteiger partial charge in [0.15, 0.2) is 0 Å². The van der Waals surface area contributed by atoms with Crippen molar-refractivity contribution in [3.63, 3.8) is 0 Å². The Morgan fingerprint density at radius 3 is 2.50 bits per heavy atom. The number of benzene rings is 2. The van der Waals surface area contributed by atoms with Crippen molar-refractivity contribution in [3.8, 4) is 5.69 Å². The summed E-state index contributed by atoms with van der Waals surface area (Å²) in [5.41, 5.74) is 7.16. The van der Waals surface area contributed by atoms with Crippen LogP contribution < -0.4 is 10.2 Å². The van der Waals surface area contributed by atoms with E-state index in [2.05, 4.69) is 72.0 Å². The van der Waals surface area contributed by atoms with Crippen LogP contribution in [-0.2, 0) is 16.0 Å². The van der Waals surface area contributed by atoms with E-state index in [0.717, 1.165) is 81.2 Å². The minimum absolute atomic E-state index is 0.0738. The molecule has 2 aliphatic heterocycles. The van der Waals surface area contributed by atoms with Crippen LogP contribution in [0.15, 0.2) is 36.4 Å². The van der Waals surface area contributed by atoms with Crippen LogP contribution in [0.1, 0.15) is 42.9 Å². The number of amides is 1. The number of aromatic nitrogens is 2. The number of aryl methyl sites for hydroxylation is 3. The monoisotopic (exact) mass is 460 g/mol. The average molecular weight is 461 g/mol. The summed E-state index contributed by atoms with van der Waals surface area (Å²) in [6.07, 6.45) is 3.78. The zero-order valence-electron chi connectivity index (χ0n) is 20.6. The molecule has 2 fully saturated rings. The molecular weight excluding hydrogens is 424 g/mol. The molecule has 1 atom stereocenters. The van der Waals surface area contributed by atoms with Gasteiger partial charge in [-0.3, -0.25) is 9.36 Å². The highest BCUT2D eigenvalue weighted by molar-refractivity contribution is 5.83. The number of anilines is 1. The van der Waals surface area contributed by atoms with Crippen LogP contribution in [0.25, 0.3) is 16.7 Å². The third-order valence-electron chi connectivity index (χ3n) is 7.59. The second kappa shape index (κ2) is 9.79. The summed E-state index contributed by atoms with van der Waals surface area (Å²) in [5, 5.41) is 3.17. The second-order valence-electron chi connectivity index (χ2n) is 9.93. The zero-order valence-corrected chi connectivity index (χ0v) is 20.6. The minimum atomic E-state index is 0.0738. The molecule has 0 radical (unpaired) electrons. The third kappa shape index (κ3) is 4.56. The van der Waals surface area contributed by atoms with Crippen LogP contribution in [0, 0.1) is 25.7 Å². The molecule has 0 bridgehead atoms. The topological polar surface area (TPSA) is 59.4 Å². The van der Waals surface area contributed by atoms with Gasteiger partial charge in [-0.05, 0) is 80.5 Å². The lowest BCUT2D eigenvalue weighted by molar-refractivity contribution is -0.125. The molecule has 5 rings (SSSR count). The molecule has 6 heteroatoms. The first-order valence-corrected chi connectivity index (χ1v) is 12.7. The number of carbonyl (C=O) groups is 1. The van der Waals surface area contributed by atoms with Crippen LogP contribution >= 0.6 is 0 Å². The van der Waals surface area contributed by atoms with Gasteiger partial charge in [-0.25, -0.2) is 4.98 Å². The second-order valence-corrected chi connectivity index (χ2v) is 9.93. The Morgan fingerprint density at radius 2 is 1.82 bits per heavy atom. The summed E-state index contributed by atoms with van der Waals surface area (Å²) < 4.78 is 7.72. The summed E-state index contributed by atoms with van der Waals surface area (Å²) in [6.45, 7) is 10.5. The van der Waals surface area contributed by atoms with E-state index < -0.39 is 0 Å². The normalized spacial score (nSPS) is 19.1. The lowest BCUT2D eigenvalue weighted by atomic mass is 9.95. The molecule has 0 aliphatic carbocycles. The third-order valence-corrected chi connectivity index (χ3v) is 7.59. The number of rotatable bonds is 6. The molecule has 3 aromatic rings. The van der Waals surface area contributed by atoms with Gasteiger partial charge < -0.3 is 15.0 Å². The number of imidazole rings is 1. The molecule has 34 heavy (non-hydrogen) atoms. The van der Waals surface area contributed by atoms with Crippen LogP contribution in [0.3, 0.4) is 0 Å². The van der Waals surface area contributed by atoms with E-state index in [1.807, 2.05) is 0 Å². The van der Waals surface area contributed by atoms with Crippen molar-refractivity contribution < 1.29 is 9.53 Å². The SMILES string of the molecule is CCc1ccc(-n2c(N3CCC(C(=O)NCC4CCOC4)CC3)nc3cc(C)c(C)cc32)cc1. The largest absolute Gasteiger partial charge is 0.381 e. The van der Waals surface area contributed by atoms with Gasteiger partial charge >= 0.3 is 0 Å². The first-order chi connectivity index (χ1) is 16.5. The molecule has 6 nitrogen and oxygen atoms in total. The lowest BCUT2D eigenvalue weighted by Crippen LogP contribution is -2.42. The lowest BCUT2D eigenvalue weighted by Gasteiger charge is -2.32. The van der Waals surface area contributed by atoms with Crippen LogP contribution in [-0.4, -0.2) is 48.3 Å². The van der Waals surface area contributed by atoms with Gasteiger partial charge in [0.1, 0.15) is 0 Å². The van der Waals surface area contributed by atoms with Crippen molar-refractivity contribution in [2.75, 3.05) is 37.7 Å². The van der Waals surface area contributed by atoms with E-state index in [9.17, 15) is 4.79 Å². The average Bonchev–Trinajstić information content (AvgIpc) is 3.51. The number of nitrogens with zero attached hydrogens (tertiary/aromatic N) is 3. The van der Waals surface area contributed by atoms with Crippen molar-refractivity contribution in [3.05, 3.63) is 53.1 Å². The fourth-order valence-electron chi connectivity index (χ4n) is 5.14. The maximum atomic E-state index is 12.8. The maximum absolute atomic E-state index is 12.8. The van der Waals surface area contributed by atoms with Crippen molar-refractivity contribution >= 4 is 22.9 Å². The number of hydrogen-bond acceptors (Lipinski definition) is 4. The highest BCUT2D eigenvalue weighted by Gasteiger charge is 2.29. The number of fused-ring (bicyclic) bond motifs is 1. The molecule has 180 valence electrons. The van der Waals surface area contributed by atoms with Crippen molar-refractivity contribution in [1.29, 1.82) is 0 Å². The van der Waals surface area contributed by atoms with Crippen LogP contribution in [0.2, 0.25) is 0 Å². The van der Waals surface area contributed by atoms with E-state index >= 15 is 0 Å². The highest BCUT2D eigenvalue weighted by atomic mass is 16.5. The molecule has 1 N–H and O–H groups in total. The summed E-state index contributed by atoms with van der Waals surface area (Å²) in [5.74, 6) is 1.72. The summed E-state index contributed by atoms with van der Waals surface area (Å²) in [4.78, 5) is 20.2. The highest BCUT2D eigenvalue weighted by Crippen LogP contribution is 2.32. The summed E-state index contributed by atoms with van der Waals surface area (Å²) in [7, 11) is 0. The minimum Gasteiger partial charge on any atom is -0.381 e. The van der Waals surface area contributed by atoms with Crippen LogP contribution in [0.5, 0.6) is 0 Å². The smallest absolute Gasteiger partial charge is 0.223 e. The van der Waals surface area contributed by atoms with Gasteiger partial charge in [0.2, 0.25) is 11.9 Å². The first kappa shape index (κ1) is 22.9. The molecule has 1 unspecified atom stereocenters. The first-order valence-electron chi connectivity index (χ1n) is 12.7. The molecular formula is C28H36N4O2. The van der Waals surface area contributed by atoms with Crippen molar-refractivity contribution in [1.82, 2.24) is 14.9 Å². The van der Waals surface area contributed by atoms with Gasteiger partial charge in [-0.1, -0.05) is 19.1 Å². The van der Waals surface area contributed by atoms with Crippen molar-refractivity contribution in [2.24, 2.45) is 11.8 Å². The predicted molar refractivity (Wildman–Crippen MR) is 137 cm³/mol. The standard InChI is InChI=1S/C28H36N4O2/c1-4-21-5-7-24(8-6-21)32-26-16-20(3)19(2)15-25(26)30-28(32)31-12-9-23(10-13-31)27(33)29-17-22-11-14-34-18-22/h5-8,15-16,22-23H,4,9-14,17-18H2,1-3H3,(H,29,33). The van der Waals surface area contributed by atoms with Gasteiger partial charge in [0.05, 0.1) is 17.6 Å². The van der Waals surface area contributed by atoms with Gasteiger partial charge in [-0.2, -0.15) is 0 Å². The summed E-state index contributed by atoms with van der Waals surface area (Å²) >= 11 is 0. The molecule has 3 heterocycles. The van der Waals surface area contributed by atoms with E-state index in [1.54, 1.807) is 0 Å². The summed E-state index contributed by atoms with van der Waals surface area (Å²) in [6, 6.07) is 13.3. The molecule has 1 aromatic heterocycles. The molecule has 0 spiro atoms. The quantitative estimate of drug-likeness (QED) is 0.585. The van der Waals surface area contributed by atoms with Gasteiger partial charge in [0, 0.05) is 43.8 Å². The molecule has 1 amide bonds. The number of nitrogens with one attached hydrogen (secondary N) is 1. The van der Waals surface area contributed by atoms with E-state index in [0.29, 0.717) is 5.92 Å². The molecule has 2 saturated heterocycles. The Morgan fingerprint density at radius 1 is 1.09 bits per heavy atom. The van der Waals surface area contributed by atoms with E-state index in [4.69, 9.17) is 9.72 Å². The van der Waals surface area contributed by atoms with Gasteiger partial charge in [0.25, 0.3) is 0 Å². The number of carbonyl (C=O) groups excluding carboxylic acids is 1. The Kier molecular flexibility index (Phi) is 6.59. The zero-order chi connectivity index (χ0) is 23.7. The predicted octanol–water partition coefficient (Wildman–Crippen LogP) is 4.57. The fraction of sp³-hybridized carbons (Fsp3) is 0.500. The van der Waals surface area contributed by atoms with E-state index in [-0.39, 0.29) is 11.8 Å². The molecule has 2 aliphatic rings. The Balaban J connectivity index is 1.37. The number of hydrogen-bond donors (Lipinski definition) is 1. The van der Waals surface area contributed by atoms with Gasteiger partial charge in [-0.15, -0.1) is 0 Å². The fourth-order valence-corrected chi connectivity index (χ4v) is 5.14.